The number of rotatable bonds is 9. The second-order valence-corrected chi connectivity index (χ2v) is 11.4. The van der Waals surface area contributed by atoms with Crippen LogP contribution in [-0.4, -0.2) is 81.6 Å². The Morgan fingerprint density at radius 2 is 1.78 bits per heavy atom. The van der Waals surface area contributed by atoms with Crippen LogP contribution >= 0.6 is 11.3 Å². The number of thiazole rings is 1. The fourth-order valence-corrected chi connectivity index (χ4v) is 6.20. The molecule has 2 fully saturated rings. The number of hydrogen-bond donors (Lipinski definition) is 2. The summed E-state index contributed by atoms with van der Waals surface area (Å²) in [6.07, 6.45) is -1.07. The average molecular weight is 594 g/mol. The predicted octanol–water partition coefficient (Wildman–Crippen LogP) is 5.00. The monoisotopic (exact) mass is 593 g/mol. The molecule has 3 aromatic rings. The lowest BCUT2D eigenvalue weighted by Crippen LogP contribution is -2.47. The molecule has 2 aliphatic rings. The van der Waals surface area contributed by atoms with Gasteiger partial charge in [0.05, 0.1) is 17.7 Å². The van der Waals surface area contributed by atoms with Crippen LogP contribution in [0.2, 0.25) is 0 Å². The normalized spacial score (nSPS) is 16.9. The third-order valence-electron chi connectivity index (χ3n) is 7.25. The first kappa shape index (κ1) is 29.1. The van der Waals surface area contributed by atoms with E-state index in [0.717, 1.165) is 42.9 Å². The molecule has 2 N–H and O–H groups in total. The van der Waals surface area contributed by atoms with Gasteiger partial charge in [-0.05, 0) is 56.6 Å². The summed E-state index contributed by atoms with van der Waals surface area (Å²) in [5.41, 5.74) is 0.530. The number of carboxylic acids is 1. The van der Waals surface area contributed by atoms with Gasteiger partial charge in [0.1, 0.15) is 6.33 Å². The van der Waals surface area contributed by atoms with Crippen molar-refractivity contribution in [3.8, 4) is 11.3 Å². The summed E-state index contributed by atoms with van der Waals surface area (Å²) < 4.78 is 56.4. The van der Waals surface area contributed by atoms with Gasteiger partial charge in [-0.25, -0.2) is 15.0 Å². The van der Waals surface area contributed by atoms with E-state index in [1.807, 2.05) is 4.90 Å². The molecule has 0 saturated carbocycles. The largest absolute Gasteiger partial charge is 0.481 e. The zero-order chi connectivity index (χ0) is 29.1. The number of carbonyl (C=O) groups is 1. The molecule has 2 aromatic heterocycles. The Balaban J connectivity index is 1.39. The Morgan fingerprint density at radius 3 is 2.46 bits per heavy atom. The van der Waals surface area contributed by atoms with Crippen LogP contribution in [-0.2, 0) is 17.5 Å². The predicted molar refractivity (Wildman–Crippen MR) is 148 cm³/mol. The van der Waals surface area contributed by atoms with Crippen LogP contribution < -0.4 is 10.2 Å². The van der Waals surface area contributed by atoms with Crippen molar-refractivity contribution in [3.63, 3.8) is 0 Å². The van der Waals surface area contributed by atoms with Crippen LogP contribution in [0.25, 0.3) is 11.3 Å². The van der Waals surface area contributed by atoms with Crippen molar-refractivity contribution in [3.05, 3.63) is 46.3 Å². The van der Waals surface area contributed by atoms with Crippen molar-refractivity contribution in [2.75, 3.05) is 56.0 Å². The van der Waals surface area contributed by atoms with E-state index >= 15 is 4.39 Å². The number of benzene rings is 1. The molecule has 14 heteroatoms. The van der Waals surface area contributed by atoms with Crippen LogP contribution in [0.1, 0.15) is 35.3 Å². The zero-order valence-electron chi connectivity index (χ0n) is 22.5. The van der Waals surface area contributed by atoms with Gasteiger partial charge in [0.15, 0.2) is 16.8 Å². The van der Waals surface area contributed by atoms with Crippen LogP contribution in [0.15, 0.2) is 24.5 Å². The zero-order valence-corrected chi connectivity index (χ0v) is 23.4. The van der Waals surface area contributed by atoms with Gasteiger partial charge in [-0.2, -0.15) is 17.6 Å². The molecular weight excluding hydrogens is 562 g/mol. The molecular formula is C27H31F4N7O2S. The molecule has 0 spiro atoms. The lowest BCUT2D eigenvalue weighted by Gasteiger charge is -2.35. The molecule has 9 nitrogen and oxygen atoms in total. The van der Waals surface area contributed by atoms with E-state index in [1.54, 1.807) is 17.9 Å². The molecule has 0 bridgehead atoms. The maximum absolute atomic E-state index is 15.6. The van der Waals surface area contributed by atoms with Gasteiger partial charge in [0.25, 0.3) is 0 Å². The summed E-state index contributed by atoms with van der Waals surface area (Å²) >= 11 is 1.27. The summed E-state index contributed by atoms with van der Waals surface area (Å²) in [6.45, 7) is 6.48. The first-order valence-corrected chi connectivity index (χ1v) is 14.3. The molecule has 0 aliphatic carbocycles. The highest BCUT2D eigenvalue weighted by atomic mass is 32.1. The molecule has 41 heavy (non-hydrogen) atoms. The summed E-state index contributed by atoms with van der Waals surface area (Å²) in [4.78, 5) is 30.5. The van der Waals surface area contributed by atoms with E-state index < -0.39 is 23.5 Å². The van der Waals surface area contributed by atoms with Crippen molar-refractivity contribution in [1.29, 1.82) is 0 Å². The Labute approximate surface area is 238 Å². The van der Waals surface area contributed by atoms with E-state index in [1.165, 1.54) is 17.7 Å². The number of aliphatic carboxylic acids is 1. The van der Waals surface area contributed by atoms with Gasteiger partial charge in [0, 0.05) is 49.7 Å². The van der Waals surface area contributed by atoms with Crippen LogP contribution in [0.5, 0.6) is 0 Å². The molecule has 220 valence electrons. The highest BCUT2D eigenvalue weighted by Gasteiger charge is 2.32. The molecule has 5 rings (SSSR count). The maximum Gasteiger partial charge on any atom is 0.416 e. The Hall–Kier alpha value is -3.36. The van der Waals surface area contributed by atoms with E-state index in [9.17, 15) is 18.0 Å². The van der Waals surface area contributed by atoms with Crippen molar-refractivity contribution in [2.45, 2.75) is 38.9 Å². The first-order valence-electron chi connectivity index (χ1n) is 13.4. The highest BCUT2D eigenvalue weighted by Crippen LogP contribution is 2.38. The number of alkyl halides is 3. The third kappa shape index (κ3) is 7.11. The fourth-order valence-electron chi connectivity index (χ4n) is 5.17. The van der Waals surface area contributed by atoms with Gasteiger partial charge in [-0.15, -0.1) is 0 Å². The number of anilines is 3. The number of carboxylic acid groups (broad SMARTS) is 1. The molecule has 0 radical (unpaired) electrons. The topological polar surface area (TPSA) is 97.7 Å². The smallest absolute Gasteiger partial charge is 0.416 e. The van der Waals surface area contributed by atoms with Gasteiger partial charge in [-0.1, -0.05) is 11.3 Å². The molecule has 0 unspecified atom stereocenters. The van der Waals surface area contributed by atoms with Crippen LogP contribution in [0, 0.1) is 12.7 Å². The van der Waals surface area contributed by atoms with Crippen LogP contribution in [0.3, 0.4) is 0 Å². The van der Waals surface area contributed by atoms with Gasteiger partial charge < -0.3 is 15.3 Å². The number of halogens is 4. The Kier molecular flexibility index (Phi) is 8.71. The third-order valence-corrected chi connectivity index (χ3v) is 8.21. The van der Waals surface area contributed by atoms with Crippen molar-refractivity contribution in [2.24, 2.45) is 0 Å². The maximum atomic E-state index is 15.6. The van der Waals surface area contributed by atoms with Crippen molar-refractivity contribution >= 4 is 34.1 Å². The van der Waals surface area contributed by atoms with Crippen molar-refractivity contribution < 1.29 is 27.5 Å². The summed E-state index contributed by atoms with van der Waals surface area (Å²) in [7, 11) is 0. The Morgan fingerprint density at radius 1 is 1.05 bits per heavy atom. The second-order valence-electron chi connectivity index (χ2n) is 10.3. The van der Waals surface area contributed by atoms with Crippen molar-refractivity contribution in [1.82, 2.24) is 24.8 Å². The summed E-state index contributed by atoms with van der Waals surface area (Å²) in [5, 5.41) is 12.2. The average Bonchev–Trinajstić information content (AvgIpc) is 3.58. The van der Waals surface area contributed by atoms with E-state index in [4.69, 9.17) is 5.11 Å². The molecule has 0 amide bonds. The SMILES string of the molecule is Cc1cc(-c2nc(Nc3ncnc(N4CCN(CCC(=O)O)CC4)c3F)sc2CN2CCCC2)cc(C(F)(F)F)c1. The molecule has 4 heterocycles. The van der Waals surface area contributed by atoms with Gasteiger partial charge in [0.2, 0.25) is 5.82 Å². The molecule has 0 atom stereocenters. The minimum atomic E-state index is -4.49. The number of nitrogens with one attached hydrogen (secondary N) is 1. The summed E-state index contributed by atoms with van der Waals surface area (Å²) in [5.74, 6) is -1.46. The summed E-state index contributed by atoms with van der Waals surface area (Å²) in [6, 6.07) is 3.90. The van der Waals surface area contributed by atoms with Crippen LogP contribution in [0.4, 0.5) is 34.3 Å². The molecule has 2 aliphatic heterocycles. The lowest BCUT2D eigenvalue weighted by atomic mass is 10.0. The number of piperazine rings is 1. The molecule has 2 saturated heterocycles. The number of nitrogens with zero attached hydrogens (tertiary/aromatic N) is 6. The quantitative estimate of drug-likeness (QED) is 0.332. The highest BCUT2D eigenvalue weighted by molar-refractivity contribution is 7.16. The molecule has 1 aromatic carbocycles. The number of aryl methyl sites for hydroxylation is 1. The van der Waals surface area contributed by atoms with E-state index in [-0.39, 0.29) is 18.1 Å². The van der Waals surface area contributed by atoms with E-state index in [2.05, 4.69) is 25.2 Å². The minimum absolute atomic E-state index is 0.0472. The second kappa shape index (κ2) is 12.2. The first-order chi connectivity index (χ1) is 19.6. The number of aromatic nitrogens is 3. The fraction of sp³-hybridized carbons (Fsp3) is 0.481. The minimum Gasteiger partial charge on any atom is -0.481 e. The lowest BCUT2D eigenvalue weighted by molar-refractivity contribution is -0.138. The number of likely N-dealkylation sites (tertiary alicyclic amines) is 1. The van der Waals surface area contributed by atoms with E-state index in [0.29, 0.717) is 61.2 Å². The van der Waals surface area contributed by atoms with Gasteiger partial charge in [-0.3, -0.25) is 14.6 Å². The Bertz CT molecular complexity index is 1390. The number of hydrogen-bond acceptors (Lipinski definition) is 9. The van der Waals surface area contributed by atoms with Gasteiger partial charge >= 0.3 is 12.1 Å². The standard InChI is InChI=1S/C27H31F4N7O2S/c1-17-12-18(14-19(13-17)27(29,30)31)23-20(15-37-5-2-3-6-37)41-26(34-23)35-24-22(28)25(33-16-32-24)38-10-8-36(9-11-38)7-4-21(39)40/h12-14,16H,2-11,15H2,1H3,(H,39,40)(H,32,33,34,35).